The molecular formula is C22H26ClN5O. The molecular weight excluding hydrogens is 386 g/mol. The number of carbonyl (C=O) groups excluding carboxylic acids is 1. The fourth-order valence-electron chi connectivity index (χ4n) is 3.80. The highest BCUT2D eigenvalue weighted by Gasteiger charge is 2.26. The summed E-state index contributed by atoms with van der Waals surface area (Å²) in [6.45, 7) is 5.96. The maximum atomic E-state index is 13.1. The summed E-state index contributed by atoms with van der Waals surface area (Å²) in [6, 6.07) is 11.6. The lowest BCUT2D eigenvalue weighted by molar-refractivity contribution is -0.117. The fraction of sp³-hybridized carbons (Fsp3) is 0.409. The highest BCUT2D eigenvalue weighted by Crippen LogP contribution is 2.33. The summed E-state index contributed by atoms with van der Waals surface area (Å²) in [7, 11) is 2.16. The first-order valence-corrected chi connectivity index (χ1v) is 10.5. The van der Waals surface area contributed by atoms with Crippen LogP contribution in [0.5, 0.6) is 0 Å². The lowest BCUT2D eigenvalue weighted by atomic mass is 10.1. The number of pyridine rings is 1. The van der Waals surface area contributed by atoms with Crippen molar-refractivity contribution in [1.82, 2.24) is 14.8 Å². The van der Waals surface area contributed by atoms with Gasteiger partial charge in [-0.05, 0) is 31.6 Å². The standard InChI is InChI=1S/C22H26ClN5O/c1-26-10-12-27(13-11-26)8-5-9-28-21(29)15-19(17-6-3-2-4-7-17)25-20-14-18(23)16-24-22(20)28/h2-4,6-7,14,16H,5,8-13,15H2,1H3. The minimum Gasteiger partial charge on any atom is -0.304 e. The Morgan fingerprint density at radius 1 is 1.07 bits per heavy atom. The summed E-state index contributed by atoms with van der Waals surface area (Å²) in [5.74, 6) is 0.628. The largest absolute Gasteiger partial charge is 0.304 e. The quantitative estimate of drug-likeness (QED) is 0.758. The second-order valence-corrected chi connectivity index (χ2v) is 8.08. The molecule has 3 heterocycles. The van der Waals surface area contributed by atoms with Gasteiger partial charge >= 0.3 is 0 Å². The van der Waals surface area contributed by atoms with Gasteiger partial charge < -0.3 is 9.80 Å². The average molecular weight is 412 g/mol. The van der Waals surface area contributed by atoms with E-state index < -0.39 is 0 Å². The van der Waals surface area contributed by atoms with E-state index in [1.807, 2.05) is 30.3 Å². The van der Waals surface area contributed by atoms with E-state index in [0.29, 0.717) is 23.1 Å². The lowest BCUT2D eigenvalue weighted by Gasteiger charge is -2.32. The summed E-state index contributed by atoms with van der Waals surface area (Å²) < 4.78 is 0. The number of piperazine rings is 1. The molecule has 0 spiro atoms. The van der Waals surface area contributed by atoms with Crippen molar-refractivity contribution in [3.05, 3.63) is 53.2 Å². The summed E-state index contributed by atoms with van der Waals surface area (Å²) in [4.78, 5) is 28.9. The normalized spacial score (nSPS) is 18.3. The molecule has 2 aliphatic heterocycles. The third kappa shape index (κ3) is 4.83. The van der Waals surface area contributed by atoms with Gasteiger partial charge in [-0.1, -0.05) is 41.9 Å². The van der Waals surface area contributed by atoms with E-state index in [0.717, 1.165) is 50.4 Å². The number of amides is 1. The molecule has 29 heavy (non-hydrogen) atoms. The number of carbonyl (C=O) groups is 1. The SMILES string of the molecule is CN1CCN(CCCN2C(=O)CC(c3ccccc3)=Nc3cc(Cl)cnc32)CC1. The minimum absolute atomic E-state index is 0.0274. The number of aromatic nitrogens is 1. The number of anilines is 1. The molecule has 6 nitrogen and oxygen atoms in total. The molecule has 152 valence electrons. The molecule has 1 saturated heterocycles. The van der Waals surface area contributed by atoms with Gasteiger partial charge in [0.2, 0.25) is 5.91 Å². The van der Waals surface area contributed by atoms with Crippen molar-refractivity contribution in [2.75, 3.05) is 51.2 Å². The zero-order valence-electron chi connectivity index (χ0n) is 16.7. The van der Waals surface area contributed by atoms with E-state index >= 15 is 0 Å². The molecule has 0 N–H and O–H groups in total. The van der Waals surface area contributed by atoms with Crippen molar-refractivity contribution in [2.45, 2.75) is 12.8 Å². The number of aliphatic imine (C=N–C) groups is 1. The molecule has 0 atom stereocenters. The highest BCUT2D eigenvalue weighted by molar-refractivity contribution is 6.31. The van der Waals surface area contributed by atoms with E-state index in [4.69, 9.17) is 16.6 Å². The monoisotopic (exact) mass is 411 g/mol. The van der Waals surface area contributed by atoms with Crippen LogP contribution in [0.1, 0.15) is 18.4 Å². The van der Waals surface area contributed by atoms with Crippen LogP contribution in [-0.2, 0) is 4.79 Å². The Bertz CT molecular complexity index is 893. The van der Waals surface area contributed by atoms with Gasteiger partial charge in [-0.3, -0.25) is 9.69 Å². The number of halogens is 1. The van der Waals surface area contributed by atoms with Gasteiger partial charge in [0.05, 0.1) is 17.2 Å². The average Bonchev–Trinajstić information content (AvgIpc) is 2.86. The van der Waals surface area contributed by atoms with Crippen LogP contribution >= 0.6 is 11.6 Å². The number of benzene rings is 1. The Morgan fingerprint density at radius 2 is 1.83 bits per heavy atom. The topological polar surface area (TPSA) is 52.0 Å². The zero-order chi connectivity index (χ0) is 20.2. The first-order chi connectivity index (χ1) is 14.1. The van der Waals surface area contributed by atoms with Crippen LogP contribution in [0.25, 0.3) is 0 Å². The maximum Gasteiger partial charge on any atom is 0.234 e. The Hall–Kier alpha value is -2.28. The molecule has 1 fully saturated rings. The molecule has 1 aromatic heterocycles. The number of fused-ring (bicyclic) bond motifs is 1. The molecule has 1 amide bonds. The summed E-state index contributed by atoms with van der Waals surface area (Å²) >= 11 is 6.18. The molecule has 0 aliphatic carbocycles. The zero-order valence-corrected chi connectivity index (χ0v) is 17.5. The van der Waals surface area contributed by atoms with E-state index in [9.17, 15) is 4.79 Å². The number of rotatable bonds is 5. The molecule has 0 bridgehead atoms. The molecule has 2 aromatic rings. The van der Waals surface area contributed by atoms with E-state index in [1.54, 1.807) is 17.2 Å². The molecule has 0 unspecified atom stereocenters. The van der Waals surface area contributed by atoms with Gasteiger partial charge in [-0.2, -0.15) is 0 Å². The van der Waals surface area contributed by atoms with Crippen LogP contribution < -0.4 is 4.90 Å². The fourth-order valence-corrected chi connectivity index (χ4v) is 3.96. The smallest absolute Gasteiger partial charge is 0.234 e. The Kier molecular flexibility index (Phi) is 6.23. The van der Waals surface area contributed by atoms with E-state index in [1.165, 1.54) is 0 Å². The summed E-state index contributed by atoms with van der Waals surface area (Å²) in [5.41, 5.74) is 2.36. The number of hydrogen-bond donors (Lipinski definition) is 0. The Morgan fingerprint density at radius 3 is 2.59 bits per heavy atom. The Labute approximate surface area is 176 Å². The van der Waals surface area contributed by atoms with Gasteiger partial charge in [0.15, 0.2) is 5.82 Å². The molecule has 7 heteroatoms. The van der Waals surface area contributed by atoms with Crippen molar-refractivity contribution >= 4 is 34.7 Å². The van der Waals surface area contributed by atoms with Crippen LogP contribution in [0.3, 0.4) is 0 Å². The molecule has 4 rings (SSSR count). The minimum atomic E-state index is 0.0274. The van der Waals surface area contributed by atoms with Crippen LogP contribution in [0.4, 0.5) is 11.5 Å². The first kappa shape index (κ1) is 20.0. The van der Waals surface area contributed by atoms with Gasteiger partial charge in [-0.15, -0.1) is 0 Å². The number of likely N-dealkylation sites (N-methyl/N-ethyl adjacent to an activating group) is 1. The van der Waals surface area contributed by atoms with E-state index in [-0.39, 0.29) is 12.3 Å². The van der Waals surface area contributed by atoms with Crippen molar-refractivity contribution in [3.63, 3.8) is 0 Å². The maximum absolute atomic E-state index is 13.1. The lowest BCUT2D eigenvalue weighted by Crippen LogP contribution is -2.45. The van der Waals surface area contributed by atoms with Crippen LogP contribution in [0.15, 0.2) is 47.6 Å². The molecule has 0 saturated carbocycles. The Balaban J connectivity index is 1.52. The van der Waals surface area contributed by atoms with Crippen LogP contribution in [-0.4, -0.2) is 72.7 Å². The van der Waals surface area contributed by atoms with Crippen molar-refractivity contribution < 1.29 is 4.79 Å². The predicted octanol–water partition coefficient (Wildman–Crippen LogP) is 3.23. The molecule has 1 aromatic carbocycles. The van der Waals surface area contributed by atoms with Crippen LogP contribution in [0.2, 0.25) is 5.02 Å². The molecule has 2 aliphatic rings. The van der Waals surface area contributed by atoms with Gasteiger partial charge in [0.25, 0.3) is 0 Å². The van der Waals surface area contributed by atoms with Gasteiger partial charge in [-0.25, -0.2) is 9.98 Å². The highest BCUT2D eigenvalue weighted by atomic mass is 35.5. The summed E-state index contributed by atoms with van der Waals surface area (Å²) in [5, 5.41) is 0.520. The van der Waals surface area contributed by atoms with Gasteiger partial charge in [0.1, 0.15) is 5.69 Å². The predicted molar refractivity (Wildman–Crippen MR) is 117 cm³/mol. The second-order valence-electron chi connectivity index (χ2n) is 7.64. The third-order valence-electron chi connectivity index (χ3n) is 5.50. The van der Waals surface area contributed by atoms with Crippen molar-refractivity contribution in [3.8, 4) is 0 Å². The number of hydrogen-bond acceptors (Lipinski definition) is 5. The number of nitrogens with zero attached hydrogens (tertiary/aromatic N) is 5. The summed E-state index contributed by atoms with van der Waals surface area (Å²) in [6.07, 6.45) is 2.75. The van der Waals surface area contributed by atoms with Gasteiger partial charge in [0, 0.05) is 38.9 Å². The second kappa shape index (κ2) is 9.03. The first-order valence-electron chi connectivity index (χ1n) is 10.1. The molecule has 0 radical (unpaired) electrons. The third-order valence-corrected chi connectivity index (χ3v) is 5.71. The van der Waals surface area contributed by atoms with E-state index in [2.05, 4.69) is 21.8 Å². The van der Waals surface area contributed by atoms with Crippen molar-refractivity contribution in [1.29, 1.82) is 0 Å². The van der Waals surface area contributed by atoms with Crippen molar-refractivity contribution in [2.24, 2.45) is 4.99 Å². The van der Waals surface area contributed by atoms with Crippen LogP contribution in [0, 0.1) is 0 Å².